The summed E-state index contributed by atoms with van der Waals surface area (Å²) < 4.78 is 13.3. The molecule has 4 heterocycles. The fourth-order valence-electron chi connectivity index (χ4n) is 9.47. The third-order valence-electron chi connectivity index (χ3n) is 12.7. The Morgan fingerprint density at radius 2 is 1.43 bits per heavy atom. The molecule has 0 N–H and O–H groups in total. The first kappa shape index (κ1) is 39.3. The zero-order valence-corrected chi connectivity index (χ0v) is 36.7. The molecule has 306 valence electrons. The monoisotopic (exact) mass is 817 g/mol. The lowest BCUT2D eigenvalue weighted by molar-refractivity contribution is 0.591. The Labute approximate surface area is 366 Å². The summed E-state index contributed by atoms with van der Waals surface area (Å²) in [7, 11) is 0. The van der Waals surface area contributed by atoms with Crippen molar-refractivity contribution in [1.82, 2.24) is 13.7 Å². The van der Waals surface area contributed by atoms with E-state index < -0.39 is 0 Å². The molecule has 63 heavy (non-hydrogen) atoms. The molecule has 0 saturated heterocycles. The molecule has 0 bridgehead atoms. The van der Waals surface area contributed by atoms with Crippen molar-refractivity contribution in [3.05, 3.63) is 168 Å². The molecule has 0 amide bonds. The summed E-state index contributed by atoms with van der Waals surface area (Å²) in [5.41, 5.74) is 13.6. The Hall–Kier alpha value is -7.80. The van der Waals surface area contributed by atoms with E-state index in [-0.39, 0.29) is 5.41 Å². The topological polar surface area (TPSA) is 75.5 Å². The van der Waals surface area contributed by atoms with Crippen molar-refractivity contribution in [1.29, 1.82) is 10.5 Å². The molecule has 0 fully saturated rings. The van der Waals surface area contributed by atoms with Gasteiger partial charge in [0.2, 0.25) is 0 Å². The van der Waals surface area contributed by atoms with E-state index in [0.29, 0.717) is 17.2 Å². The normalized spacial score (nSPS) is 13.2. The lowest BCUT2D eigenvalue weighted by atomic mass is 9.86. The highest BCUT2D eigenvalue weighted by Crippen LogP contribution is 2.42. The van der Waals surface area contributed by atoms with E-state index in [2.05, 4.69) is 184 Å². The van der Waals surface area contributed by atoms with Gasteiger partial charge in [-0.05, 0) is 127 Å². The van der Waals surface area contributed by atoms with Crippen LogP contribution in [0.1, 0.15) is 69.8 Å². The molecular weight excluding hydrogens is 771 g/mol. The second kappa shape index (κ2) is 15.0. The molecule has 0 radical (unpaired) electrons. The number of aromatic nitrogens is 3. The second-order valence-electron chi connectivity index (χ2n) is 17.8. The number of para-hydroxylation sites is 2. The molecule has 0 aliphatic carbocycles. The number of furan rings is 1. The van der Waals surface area contributed by atoms with Gasteiger partial charge in [0, 0.05) is 56.0 Å². The van der Waals surface area contributed by atoms with Gasteiger partial charge in [0.15, 0.2) is 0 Å². The molecule has 10 aromatic rings. The number of fused-ring (bicyclic) bond motifs is 11. The van der Waals surface area contributed by atoms with E-state index in [4.69, 9.17) is 4.42 Å². The van der Waals surface area contributed by atoms with Crippen LogP contribution in [0.2, 0.25) is 0 Å². The average molecular weight is 818 g/mol. The number of allylic oxidation sites excluding steroid dienone is 6. The molecular formula is C57H47N5O. The number of nitriles is 2. The zero-order valence-electron chi connectivity index (χ0n) is 36.7. The summed E-state index contributed by atoms with van der Waals surface area (Å²) in [5, 5.41) is 28.6. The summed E-state index contributed by atoms with van der Waals surface area (Å²) in [5.74, 6) is 0.354. The average Bonchev–Trinajstić information content (AvgIpc) is 4.00. The van der Waals surface area contributed by atoms with Crippen molar-refractivity contribution in [2.75, 3.05) is 0 Å². The summed E-state index contributed by atoms with van der Waals surface area (Å²) in [4.78, 5) is 0. The molecule has 0 spiro atoms. The molecule has 6 nitrogen and oxygen atoms in total. The van der Waals surface area contributed by atoms with Gasteiger partial charge in [-0.1, -0.05) is 89.2 Å². The van der Waals surface area contributed by atoms with Crippen molar-refractivity contribution in [3.63, 3.8) is 0 Å². The Balaban J connectivity index is 1.18. The quantitative estimate of drug-likeness (QED) is 0.119. The first-order chi connectivity index (χ1) is 30.5. The van der Waals surface area contributed by atoms with E-state index in [1.54, 1.807) is 0 Å². The van der Waals surface area contributed by atoms with Crippen LogP contribution in [-0.2, 0) is 5.41 Å². The molecule has 0 unspecified atom stereocenters. The van der Waals surface area contributed by atoms with Crippen LogP contribution in [0, 0.1) is 29.6 Å². The lowest BCUT2D eigenvalue weighted by Gasteiger charge is -2.19. The molecule has 6 heteroatoms. The van der Waals surface area contributed by atoms with Crippen molar-refractivity contribution in [3.8, 4) is 17.8 Å². The standard InChI is InChI=1S/C57H47N5O/c1-8-13-48-36(4)42-14-9-11-16-50(42)61(48)40-20-24-49-47(33-40)55-53(25-21-44-43-15-10-12-17-54(43)63-56(44)55)60(49)29-27-37(34-59)30-41(26-28-58)62-51-22-18-38(35(2)3)31-45(51)46-32-39(57(5,6)7)19-23-52(46)62/h8-27,29-33,35H,1-7H3/b13-8-,29-27+,37-30+,41-26-. The van der Waals surface area contributed by atoms with Crippen LogP contribution in [0.5, 0.6) is 0 Å². The summed E-state index contributed by atoms with van der Waals surface area (Å²) in [6, 6.07) is 45.5. The summed E-state index contributed by atoms with van der Waals surface area (Å²) in [6.07, 6.45) is 11.4. The van der Waals surface area contributed by atoms with Crippen LogP contribution < -0.4 is 0 Å². The highest BCUT2D eigenvalue weighted by Gasteiger charge is 2.22. The third kappa shape index (κ3) is 6.29. The van der Waals surface area contributed by atoms with Crippen molar-refractivity contribution < 1.29 is 4.42 Å². The molecule has 0 saturated carbocycles. The van der Waals surface area contributed by atoms with Crippen LogP contribution in [-0.4, -0.2) is 13.7 Å². The number of rotatable bonds is 7. The fourth-order valence-corrected chi connectivity index (χ4v) is 9.47. The number of hydrogen-bond donors (Lipinski definition) is 0. The predicted octanol–water partition coefficient (Wildman–Crippen LogP) is 15.5. The lowest BCUT2D eigenvalue weighted by Crippen LogP contribution is -2.10. The van der Waals surface area contributed by atoms with Crippen molar-refractivity contribution in [2.45, 2.75) is 59.8 Å². The minimum Gasteiger partial charge on any atom is -0.455 e. The Bertz CT molecular complexity index is 3730. The Kier molecular flexibility index (Phi) is 9.35. The summed E-state index contributed by atoms with van der Waals surface area (Å²) >= 11 is 0. The van der Waals surface area contributed by atoms with Gasteiger partial charge in [0.25, 0.3) is 0 Å². The number of aryl methyl sites for hydroxylation is 1. The van der Waals surface area contributed by atoms with Crippen LogP contribution in [0.3, 0.4) is 0 Å². The van der Waals surface area contributed by atoms with Gasteiger partial charge in [0.1, 0.15) is 11.2 Å². The SMILES string of the molecule is C/C=C\c1c(C)c2ccccc2n1-c1ccc2c(c1)c1c3oc4ccccc4c3ccc1n2/C=C/C(C#N)=C\C(=C\C#N)n1c2ccc(C(C)C)cc2c2cc(C(C)(C)C)ccc21. The summed E-state index contributed by atoms with van der Waals surface area (Å²) in [6.45, 7) is 15.3. The smallest absolute Gasteiger partial charge is 0.145 e. The molecule has 0 atom stereocenters. The number of hydrogen-bond acceptors (Lipinski definition) is 3. The first-order valence-electron chi connectivity index (χ1n) is 21.6. The van der Waals surface area contributed by atoms with Crippen molar-refractivity contribution >= 4 is 94.4 Å². The maximum atomic E-state index is 10.8. The van der Waals surface area contributed by atoms with Gasteiger partial charge in [-0.15, -0.1) is 0 Å². The Morgan fingerprint density at radius 3 is 2.17 bits per heavy atom. The van der Waals surface area contributed by atoms with Gasteiger partial charge in [-0.2, -0.15) is 10.5 Å². The molecule has 6 aromatic carbocycles. The van der Waals surface area contributed by atoms with Crippen LogP contribution >= 0.6 is 0 Å². The largest absolute Gasteiger partial charge is 0.455 e. The number of nitrogens with zero attached hydrogens (tertiary/aromatic N) is 5. The van der Waals surface area contributed by atoms with E-state index in [9.17, 15) is 10.5 Å². The van der Waals surface area contributed by atoms with Gasteiger partial charge in [0.05, 0.1) is 56.4 Å². The maximum absolute atomic E-state index is 10.8. The van der Waals surface area contributed by atoms with Gasteiger partial charge < -0.3 is 18.1 Å². The van der Waals surface area contributed by atoms with E-state index in [1.165, 1.54) is 28.2 Å². The molecule has 0 aliphatic heterocycles. The van der Waals surface area contributed by atoms with Crippen LogP contribution in [0.15, 0.2) is 150 Å². The third-order valence-corrected chi connectivity index (χ3v) is 12.7. The van der Waals surface area contributed by atoms with E-state index in [1.807, 2.05) is 36.6 Å². The highest BCUT2D eigenvalue weighted by atomic mass is 16.3. The fraction of sp³-hybridized carbons (Fsp3) is 0.158. The predicted molar refractivity (Wildman–Crippen MR) is 264 cm³/mol. The molecule has 10 rings (SSSR count). The van der Waals surface area contributed by atoms with Crippen molar-refractivity contribution in [2.24, 2.45) is 0 Å². The van der Waals surface area contributed by atoms with Crippen LogP contribution in [0.4, 0.5) is 0 Å². The van der Waals surface area contributed by atoms with Gasteiger partial charge in [-0.3, -0.25) is 0 Å². The number of benzene rings is 6. The minimum absolute atomic E-state index is 0.0438. The van der Waals surface area contributed by atoms with E-state index >= 15 is 0 Å². The van der Waals surface area contributed by atoms with Gasteiger partial charge >= 0.3 is 0 Å². The second-order valence-corrected chi connectivity index (χ2v) is 17.8. The van der Waals surface area contributed by atoms with Crippen LogP contribution in [0.25, 0.3) is 100 Å². The minimum atomic E-state index is -0.0438. The Morgan fingerprint density at radius 1 is 0.714 bits per heavy atom. The van der Waals surface area contributed by atoms with E-state index in [0.717, 1.165) is 82.4 Å². The maximum Gasteiger partial charge on any atom is 0.145 e. The first-order valence-corrected chi connectivity index (χ1v) is 21.6. The molecule has 4 aromatic heterocycles. The van der Waals surface area contributed by atoms with Gasteiger partial charge in [-0.25, -0.2) is 0 Å². The molecule has 0 aliphatic rings. The highest BCUT2D eigenvalue weighted by molar-refractivity contribution is 6.24. The zero-order chi connectivity index (χ0) is 43.7.